The first kappa shape index (κ1) is 32.0. The van der Waals surface area contributed by atoms with Crippen molar-refractivity contribution in [3.63, 3.8) is 0 Å². The summed E-state index contributed by atoms with van der Waals surface area (Å²) in [6.45, 7) is 0. The van der Waals surface area contributed by atoms with Crippen LogP contribution in [0.4, 0.5) is 0 Å². The third-order valence-electron chi connectivity index (χ3n) is 11.3. The number of pyridine rings is 1. The van der Waals surface area contributed by atoms with Crippen LogP contribution in [0.5, 0.6) is 11.5 Å². The second-order valence-electron chi connectivity index (χ2n) is 14.3. The topological polar surface area (TPSA) is 47.9 Å². The van der Waals surface area contributed by atoms with Gasteiger partial charge in [-0.2, -0.15) is 0 Å². The van der Waals surface area contributed by atoms with Gasteiger partial charge in [0.2, 0.25) is 0 Å². The Morgan fingerprint density at radius 3 is 1.52 bits per heavy atom. The normalized spacial score (nSPS) is 12.9. The van der Waals surface area contributed by atoms with Crippen molar-refractivity contribution < 1.29 is 4.74 Å². The first-order chi connectivity index (χ1) is 27.8. The van der Waals surface area contributed by atoms with E-state index >= 15 is 0 Å². The van der Waals surface area contributed by atoms with Gasteiger partial charge in [0, 0.05) is 40.2 Å². The van der Waals surface area contributed by atoms with Crippen LogP contribution >= 0.6 is 0 Å². The van der Waals surface area contributed by atoms with E-state index in [0.29, 0.717) is 5.82 Å². The molecular weight excluding hydrogens is 683 g/mol. The summed E-state index contributed by atoms with van der Waals surface area (Å²) in [6.07, 6.45) is 3.74. The van der Waals surface area contributed by atoms with E-state index in [1.54, 1.807) is 0 Å². The van der Waals surface area contributed by atoms with Crippen molar-refractivity contribution in [2.75, 3.05) is 0 Å². The molecule has 2 aromatic heterocycles. The molecule has 7 aromatic carbocycles. The second-order valence-corrected chi connectivity index (χ2v) is 14.3. The summed E-state index contributed by atoms with van der Waals surface area (Å²) in [4.78, 5) is 15.0. The van der Waals surface area contributed by atoms with Gasteiger partial charge in [0.25, 0.3) is 0 Å². The van der Waals surface area contributed by atoms with Gasteiger partial charge in [-0.3, -0.25) is 4.98 Å². The lowest BCUT2D eigenvalue weighted by atomic mass is 9.66. The van der Waals surface area contributed by atoms with Crippen molar-refractivity contribution in [1.29, 1.82) is 0 Å². The van der Waals surface area contributed by atoms with E-state index in [0.717, 1.165) is 73.0 Å². The summed E-state index contributed by atoms with van der Waals surface area (Å²) in [5.41, 5.74) is 15.7. The summed E-state index contributed by atoms with van der Waals surface area (Å²) in [5, 5.41) is 0. The molecule has 4 nitrogen and oxygen atoms in total. The molecule has 11 rings (SSSR count). The number of benzene rings is 7. The molecule has 1 spiro atoms. The van der Waals surface area contributed by atoms with Crippen LogP contribution in [0.2, 0.25) is 0 Å². The molecule has 3 heterocycles. The van der Waals surface area contributed by atoms with Gasteiger partial charge in [-0.1, -0.05) is 158 Å². The number of nitrogens with zero attached hydrogens (tertiary/aromatic N) is 3. The van der Waals surface area contributed by atoms with E-state index in [9.17, 15) is 0 Å². The van der Waals surface area contributed by atoms with E-state index in [2.05, 4.69) is 169 Å². The Bertz CT molecular complexity index is 2880. The van der Waals surface area contributed by atoms with Crippen LogP contribution in [0.3, 0.4) is 0 Å². The van der Waals surface area contributed by atoms with Crippen LogP contribution in [0.1, 0.15) is 22.3 Å². The van der Waals surface area contributed by atoms with Crippen molar-refractivity contribution in [3.8, 4) is 78.8 Å². The molecular formula is C52H33N3O. The van der Waals surface area contributed by atoms with E-state index in [1.807, 2.05) is 36.7 Å². The zero-order valence-corrected chi connectivity index (χ0v) is 30.3. The molecule has 1 aliphatic heterocycles. The van der Waals surface area contributed by atoms with Gasteiger partial charge < -0.3 is 4.74 Å². The lowest BCUT2D eigenvalue weighted by Crippen LogP contribution is -2.32. The van der Waals surface area contributed by atoms with Gasteiger partial charge in [-0.25, -0.2) is 9.97 Å². The van der Waals surface area contributed by atoms with Gasteiger partial charge >= 0.3 is 0 Å². The summed E-state index contributed by atoms with van der Waals surface area (Å²) >= 11 is 0. The largest absolute Gasteiger partial charge is 0.457 e. The molecule has 0 saturated carbocycles. The zero-order valence-electron chi connectivity index (χ0n) is 30.3. The first-order valence-corrected chi connectivity index (χ1v) is 18.9. The molecule has 4 heteroatoms. The van der Waals surface area contributed by atoms with E-state index in [1.165, 1.54) is 22.3 Å². The predicted molar refractivity (Wildman–Crippen MR) is 224 cm³/mol. The van der Waals surface area contributed by atoms with Crippen LogP contribution in [0, 0.1) is 0 Å². The molecule has 2 aliphatic rings. The molecule has 0 fully saturated rings. The summed E-state index contributed by atoms with van der Waals surface area (Å²) in [6, 6.07) is 66.2. The van der Waals surface area contributed by atoms with Gasteiger partial charge in [-0.05, 0) is 74.8 Å². The van der Waals surface area contributed by atoms with Crippen LogP contribution in [0.25, 0.3) is 67.3 Å². The number of rotatable bonds is 5. The van der Waals surface area contributed by atoms with Gasteiger partial charge in [-0.15, -0.1) is 0 Å². The van der Waals surface area contributed by atoms with Crippen LogP contribution in [0.15, 0.2) is 200 Å². The predicted octanol–water partition coefficient (Wildman–Crippen LogP) is 12.7. The number of fused-ring (bicyclic) bond motifs is 9. The molecule has 0 amide bonds. The first-order valence-electron chi connectivity index (χ1n) is 18.9. The van der Waals surface area contributed by atoms with Crippen molar-refractivity contribution >= 4 is 0 Å². The van der Waals surface area contributed by atoms with Crippen LogP contribution in [-0.2, 0) is 5.41 Å². The highest BCUT2D eigenvalue weighted by atomic mass is 16.5. The Balaban J connectivity index is 1.21. The van der Waals surface area contributed by atoms with Gasteiger partial charge in [0.15, 0.2) is 5.82 Å². The lowest BCUT2D eigenvalue weighted by Gasteiger charge is -2.39. The Morgan fingerprint density at radius 2 is 0.857 bits per heavy atom. The van der Waals surface area contributed by atoms with Crippen molar-refractivity contribution in [3.05, 3.63) is 223 Å². The van der Waals surface area contributed by atoms with Crippen LogP contribution in [-0.4, -0.2) is 15.0 Å². The third kappa shape index (κ3) is 4.89. The quantitative estimate of drug-likeness (QED) is 0.178. The molecule has 0 bridgehead atoms. The molecule has 56 heavy (non-hydrogen) atoms. The molecule has 9 aromatic rings. The summed E-state index contributed by atoms with van der Waals surface area (Å²) in [7, 11) is 0. The lowest BCUT2D eigenvalue weighted by molar-refractivity contribution is 0.436. The fraction of sp³-hybridized carbons (Fsp3) is 0.0192. The Hall–Kier alpha value is -7.43. The highest BCUT2D eigenvalue weighted by Crippen LogP contribution is 2.64. The number of para-hydroxylation sites is 2. The summed E-state index contributed by atoms with van der Waals surface area (Å²) < 4.78 is 6.66. The maximum absolute atomic E-state index is 6.66. The minimum Gasteiger partial charge on any atom is -0.457 e. The van der Waals surface area contributed by atoms with Crippen LogP contribution < -0.4 is 4.74 Å². The van der Waals surface area contributed by atoms with Crippen molar-refractivity contribution in [1.82, 2.24) is 15.0 Å². The molecule has 0 radical (unpaired) electrons. The maximum atomic E-state index is 6.66. The zero-order chi connectivity index (χ0) is 37.1. The molecule has 262 valence electrons. The highest BCUT2D eigenvalue weighted by molar-refractivity contribution is 6.02. The average Bonchev–Trinajstić information content (AvgIpc) is 3.58. The standard InChI is InChI=1S/C52H33N3O/c1-3-13-34(14-4-1)35-25-27-37(28-26-35)45-33-46(55-51(54-45)38-15-5-2-6-16-38)40-18-12-22-44-50(40)49-39(36-29-31-53-32-30-36)17-11-21-43(49)52(44)41-19-7-9-23-47(41)56-48-24-10-8-20-42(48)52/h1-33H. The maximum Gasteiger partial charge on any atom is 0.160 e. The average molecular weight is 716 g/mol. The highest BCUT2D eigenvalue weighted by Gasteiger charge is 2.52. The number of hydrogen-bond donors (Lipinski definition) is 0. The Kier molecular flexibility index (Phi) is 7.36. The Morgan fingerprint density at radius 1 is 0.357 bits per heavy atom. The van der Waals surface area contributed by atoms with Crippen molar-refractivity contribution in [2.24, 2.45) is 0 Å². The van der Waals surface area contributed by atoms with Crippen molar-refractivity contribution in [2.45, 2.75) is 5.41 Å². The fourth-order valence-electron chi connectivity index (χ4n) is 8.89. The number of hydrogen-bond acceptors (Lipinski definition) is 4. The minimum atomic E-state index is -0.638. The van der Waals surface area contributed by atoms with E-state index in [4.69, 9.17) is 14.7 Å². The monoisotopic (exact) mass is 715 g/mol. The second kappa shape index (κ2) is 12.9. The molecule has 0 atom stereocenters. The molecule has 0 saturated heterocycles. The SMILES string of the molecule is c1ccc(-c2ccc(-c3cc(-c4cccc5c4-c4c(-c6ccncc6)cccc4C54c5ccccc5Oc5ccccc54)nc(-c4ccccc4)n3)cc2)cc1. The van der Waals surface area contributed by atoms with Gasteiger partial charge in [0.1, 0.15) is 11.5 Å². The number of aromatic nitrogens is 3. The smallest absolute Gasteiger partial charge is 0.160 e. The summed E-state index contributed by atoms with van der Waals surface area (Å²) in [5.74, 6) is 2.40. The molecule has 0 unspecified atom stereocenters. The Labute approximate surface area is 325 Å². The van der Waals surface area contributed by atoms with E-state index in [-0.39, 0.29) is 0 Å². The van der Waals surface area contributed by atoms with Gasteiger partial charge in [0.05, 0.1) is 16.8 Å². The molecule has 0 N–H and O–H groups in total. The van der Waals surface area contributed by atoms with E-state index < -0.39 is 5.41 Å². The fourth-order valence-corrected chi connectivity index (χ4v) is 8.89. The third-order valence-corrected chi connectivity index (χ3v) is 11.3. The molecule has 1 aliphatic carbocycles. The number of ether oxygens (including phenoxy) is 1. The minimum absolute atomic E-state index is 0.638.